The van der Waals surface area contributed by atoms with Crippen molar-refractivity contribution >= 4 is 31.7 Å². The van der Waals surface area contributed by atoms with E-state index in [0.29, 0.717) is 19.4 Å². The quantitative estimate of drug-likeness (QED) is 0.832. The van der Waals surface area contributed by atoms with Gasteiger partial charge in [0.25, 0.3) is 0 Å². The molecule has 1 saturated heterocycles. The number of carbonyl (C=O) groups excluding carboxylic acids is 1. The maximum Gasteiger partial charge on any atom is 0.240 e. The van der Waals surface area contributed by atoms with Crippen LogP contribution in [0.25, 0.3) is 0 Å². The third kappa shape index (κ3) is 3.61. The van der Waals surface area contributed by atoms with E-state index < -0.39 is 15.1 Å². The van der Waals surface area contributed by atoms with Crippen LogP contribution in [0.5, 0.6) is 0 Å². The fourth-order valence-electron chi connectivity index (χ4n) is 2.42. The van der Waals surface area contributed by atoms with Gasteiger partial charge in [-0.3, -0.25) is 4.79 Å². The molecule has 0 N–H and O–H groups in total. The van der Waals surface area contributed by atoms with E-state index in [1.165, 1.54) is 4.90 Å². The number of nitrogens with zero attached hydrogens (tertiary/aromatic N) is 1. The fourth-order valence-corrected chi connectivity index (χ4v) is 4.59. The summed E-state index contributed by atoms with van der Waals surface area (Å²) in [5.41, 5.74) is 0.984. The molecule has 1 atom stereocenters. The van der Waals surface area contributed by atoms with Gasteiger partial charge in [-0.2, -0.15) is 0 Å². The van der Waals surface area contributed by atoms with Crippen LogP contribution in [-0.2, 0) is 21.2 Å². The van der Waals surface area contributed by atoms with Gasteiger partial charge in [0.05, 0.1) is 5.75 Å². The Morgan fingerprint density at radius 3 is 2.55 bits per heavy atom. The maximum atomic E-state index is 12.3. The van der Waals surface area contributed by atoms with Crippen LogP contribution in [0.3, 0.4) is 0 Å². The minimum atomic E-state index is -3.27. The van der Waals surface area contributed by atoms with Crippen molar-refractivity contribution in [2.75, 3.05) is 12.8 Å². The molecular formula is C14H18BrNO3S. The van der Waals surface area contributed by atoms with Gasteiger partial charge in [-0.25, -0.2) is 8.42 Å². The van der Waals surface area contributed by atoms with Crippen molar-refractivity contribution in [3.8, 4) is 0 Å². The highest BCUT2D eigenvalue weighted by Gasteiger charge is 2.36. The van der Waals surface area contributed by atoms with Crippen LogP contribution in [0, 0.1) is 0 Å². The highest BCUT2D eigenvalue weighted by atomic mass is 79.9. The summed E-state index contributed by atoms with van der Waals surface area (Å²) in [6, 6.07) is 7.66. The van der Waals surface area contributed by atoms with Gasteiger partial charge in [-0.1, -0.05) is 34.5 Å². The SMILES string of the molecule is CN(Cc1ccc(Br)cc1)C(=O)C1CCCCS1(=O)=O. The first-order valence-corrected chi connectivity index (χ1v) is 9.12. The van der Waals surface area contributed by atoms with E-state index in [2.05, 4.69) is 15.9 Å². The molecule has 4 nitrogen and oxygen atoms in total. The normalized spacial score (nSPS) is 21.4. The molecule has 0 bridgehead atoms. The van der Waals surface area contributed by atoms with Crippen molar-refractivity contribution in [1.29, 1.82) is 0 Å². The summed E-state index contributed by atoms with van der Waals surface area (Å²) in [5, 5.41) is -0.850. The summed E-state index contributed by atoms with van der Waals surface area (Å²) >= 11 is 3.36. The molecule has 1 amide bonds. The van der Waals surface area contributed by atoms with Crippen LogP contribution in [0.2, 0.25) is 0 Å². The lowest BCUT2D eigenvalue weighted by Gasteiger charge is -2.26. The van der Waals surface area contributed by atoms with Crippen LogP contribution in [0.15, 0.2) is 28.7 Å². The van der Waals surface area contributed by atoms with Crippen molar-refractivity contribution in [3.05, 3.63) is 34.3 Å². The average Bonchev–Trinajstić information content (AvgIpc) is 2.40. The number of amides is 1. The summed E-state index contributed by atoms with van der Waals surface area (Å²) in [7, 11) is -1.60. The van der Waals surface area contributed by atoms with E-state index in [0.717, 1.165) is 16.5 Å². The standard InChI is InChI=1S/C14H18BrNO3S/c1-16(10-11-5-7-12(15)8-6-11)14(17)13-4-2-3-9-20(13,18)19/h5-8,13H,2-4,9-10H2,1H3. The van der Waals surface area contributed by atoms with Crippen LogP contribution in [0.1, 0.15) is 24.8 Å². The Kier molecular flexibility index (Phi) is 4.86. The molecule has 0 radical (unpaired) electrons. The molecule has 0 saturated carbocycles. The van der Waals surface area contributed by atoms with Gasteiger partial charge < -0.3 is 4.90 Å². The number of rotatable bonds is 3. The largest absolute Gasteiger partial charge is 0.340 e. The lowest BCUT2D eigenvalue weighted by atomic mass is 10.1. The monoisotopic (exact) mass is 359 g/mol. The lowest BCUT2D eigenvalue weighted by molar-refractivity contribution is -0.130. The van der Waals surface area contributed by atoms with Gasteiger partial charge in [-0.05, 0) is 30.5 Å². The summed E-state index contributed by atoms with van der Waals surface area (Å²) in [6.45, 7) is 0.429. The molecule has 110 valence electrons. The zero-order valence-electron chi connectivity index (χ0n) is 11.4. The van der Waals surface area contributed by atoms with Crippen molar-refractivity contribution in [3.63, 3.8) is 0 Å². The number of hydrogen-bond donors (Lipinski definition) is 0. The van der Waals surface area contributed by atoms with E-state index in [4.69, 9.17) is 0 Å². The molecule has 0 aromatic heterocycles. The summed E-state index contributed by atoms with van der Waals surface area (Å²) in [6.07, 6.45) is 1.93. The topological polar surface area (TPSA) is 54.5 Å². The molecule has 2 rings (SSSR count). The average molecular weight is 360 g/mol. The molecule has 1 unspecified atom stereocenters. The number of sulfone groups is 1. The van der Waals surface area contributed by atoms with E-state index in [1.54, 1.807) is 7.05 Å². The van der Waals surface area contributed by atoms with Gasteiger partial charge >= 0.3 is 0 Å². The van der Waals surface area contributed by atoms with Crippen molar-refractivity contribution < 1.29 is 13.2 Å². The fraction of sp³-hybridized carbons (Fsp3) is 0.500. The third-order valence-corrected chi connectivity index (χ3v) is 6.25. The molecule has 0 aliphatic carbocycles. The minimum absolute atomic E-state index is 0.134. The Balaban J connectivity index is 2.06. The highest BCUT2D eigenvalue weighted by Crippen LogP contribution is 2.22. The van der Waals surface area contributed by atoms with Crippen LogP contribution >= 0.6 is 15.9 Å². The number of carbonyl (C=O) groups is 1. The number of hydrogen-bond acceptors (Lipinski definition) is 3. The molecule has 1 fully saturated rings. The van der Waals surface area contributed by atoms with Crippen LogP contribution in [0.4, 0.5) is 0 Å². The Morgan fingerprint density at radius 2 is 1.95 bits per heavy atom. The smallest absolute Gasteiger partial charge is 0.240 e. The molecule has 1 aromatic rings. The molecule has 0 spiro atoms. The zero-order valence-corrected chi connectivity index (χ0v) is 13.8. The molecule has 1 heterocycles. The highest BCUT2D eigenvalue weighted by molar-refractivity contribution is 9.10. The molecule has 1 aliphatic rings. The summed E-state index contributed by atoms with van der Waals surface area (Å²) in [5.74, 6) is -0.150. The molecule has 6 heteroatoms. The second kappa shape index (κ2) is 6.26. The molecule has 20 heavy (non-hydrogen) atoms. The third-order valence-electron chi connectivity index (χ3n) is 3.56. The zero-order chi connectivity index (χ0) is 14.8. The first-order chi connectivity index (χ1) is 9.40. The van der Waals surface area contributed by atoms with Gasteiger partial charge in [0.1, 0.15) is 5.25 Å². The number of halogens is 1. The van der Waals surface area contributed by atoms with E-state index in [1.807, 2.05) is 24.3 Å². The Morgan fingerprint density at radius 1 is 1.30 bits per heavy atom. The summed E-state index contributed by atoms with van der Waals surface area (Å²) in [4.78, 5) is 13.8. The second-order valence-corrected chi connectivity index (χ2v) is 8.39. The van der Waals surface area contributed by atoms with Crippen molar-refractivity contribution in [1.82, 2.24) is 4.90 Å². The van der Waals surface area contributed by atoms with Gasteiger partial charge in [0.2, 0.25) is 5.91 Å². The molecular weight excluding hydrogens is 342 g/mol. The van der Waals surface area contributed by atoms with Crippen molar-refractivity contribution in [2.45, 2.75) is 31.1 Å². The Hall–Kier alpha value is -0.880. The maximum absolute atomic E-state index is 12.3. The predicted molar refractivity (Wildman–Crippen MR) is 82.0 cm³/mol. The Bertz CT molecular complexity index is 583. The lowest BCUT2D eigenvalue weighted by Crippen LogP contribution is -2.43. The van der Waals surface area contributed by atoms with Crippen molar-refractivity contribution in [2.24, 2.45) is 0 Å². The first-order valence-electron chi connectivity index (χ1n) is 6.61. The van der Waals surface area contributed by atoms with E-state index in [9.17, 15) is 13.2 Å². The van der Waals surface area contributed by atoms with E-state index in [-0.39, 0.29) is 11.7 Å². The molecule has 1 aromatic carbocycles. The van der Waals surface area contributed by atoms with Crippen LogP contribution in [-0.4, -0.2) is 37.3 Å². The minimum Gasteiger partial charge on any atom is -0.340 e. The summed E-state index contributed by atoms with van der Waals surface area (Å²) < 4.78 is 24.9. The molecule has 1 aliphatic heterocycles. The first kappa shape index (κ1) is 15.5. The predicted octanol–water partition coefficient (Wildman–Crippen LogP) is 2.37. The van der Waals surface area contributed by atoms with E-state index >= 15 is 0 Å². The Labute approximate surface area is 128 Å². The van der Waals surface area contributed by atoms with Gasteiger partial charge in [0.15, 0.2) is 9.84 Å². The van der Waals surface area contributed by atoms with Gasteiger partial charge in [0, 0.05) is 18.1 Å². The van der Waals surface area contributed by atoms with Crippen LogP contribution < -0.4 is 0 Å². The van der Waals surface area contributed by atoms with Gasteiger partial charge in [-0.15, -0.1) is 0 Å². The second-order valence-electron chi connectivity index (χ2n) is 5.17. The number of benzene rings is 1.